The van der Waals surface area contributed by atoms with Crippen molar-refractivity contribution in [2.75, 3.05) is 19.7 Å². The summed E-state index contributed by atoms with van der Waals surface area (Å²) >= 11 is 0. The summed E-state index contributed by atoms with van der Waals surface area (Å²) in [5.74, 6) is -0.257. The van der Waals surface area contributed by atoms with E-state index >= 15 is 0 Å². The van der Waals surface area contributed by atoms with Gasteiger partial charge in [-0.25, -0.2) is 4.79 Å². The minimum atomic E-state index is -0.551. The number of amides is 1. The van der Waals surface area contributed by atoms with Gasteiger partial charge in [0.2, 0.25) is 0 Å². The van der Waals surface area contributed by atoms with Crippen molar-refractivity contribution in [2.45, 2.75) is 45.1 Å². The average molecular weight is 370 g/mol. The normalized spacial score (nSPS) is 15.9. The molecule has 2 aromatic rings. The second-order valence-corrected chi connectivity index (χ2v) is 8.01. The maximum Gasteiger partial charge on any atom is 0.410 e. The van der Waals surface area contributed by atoms with Crippen molar-refractivity contribution in [3.8, 4) is 0 Å². The van der Waals surface area contributed by atoms with Crippen LogP contribution in [0.4, 0.5) is 4.79 Å². The van der Waals surface area contributed by atoms with Gasteiger partial charge in [-0.05, 0) is 51.5 Å². The van der Waals surface area contributed by atoms with Gasteiger partial charge in [-0.15, -0.1) is 0 Å². The molecule has 1 amide bonds. The Morgan fingerprint density at radius 2 is 1.96 bits per heavy atom. The number of likely N-dealkylation sites (tertiary alicyclic amines) is 1. The van der Waals surface area contributed by atoms with E-state index in [4.69, 9.17) is 9.47 Å². The second kappa shape index (κ2) is 7.18. The number of esters is 1. The Bertz CT molecular complexity index is 851. The minimum absolute atomic E-state index is 0.228. The van der Waals surface area contributed by atoms with Crippen LogP contribution in [-0.4, -0.2) is 47.2 Å². The van der Waals surface area contributed by atoms with Crippen LogP contribution in [0.15, 0.2) is 36.5 Å². The summed E-state index contributed by atoms with van der Waals surface area (Å²) in [5, 5.41) is 1.01. The van der Waals surface area contributed by atoms with E-state index in [1.54, 1.807) is 18.0 Å². The molecule has 1 aliphatic heterocycles. The number of ether oxygens (including phenoxy) is 2. The van der Waals surface area contributed by atoms with Crippen molar-refractivity contribution < 1.29 is 19.1 Å². The molecule has 0 spiro atoms. The molecule has 1 aromatic carbocycles. The Kier molecular flexibility index (Phi) is 5.09. The molecule has 1 aromatic heterocycles. The predicted molar refractivity (Wildman–Crippen MR) is 102 cm³/mol. The van der Waals surface area contributed by atoms with Gasteiger partial charge in [0, 0.05) is 30.1 Å². The molecule has 1 fully saturated rings. The topological polar surface area (TPSA) is 68.7 Å². The summed E-state index contributed by atoms with van der Waals surface area (Å²) in [6, 6.07) is 9.87. The van der Waals surface area contributed by atoms with Gasteiger partial charge in [-0.2, -0.15) is 0 Å². The first-order chi connectivity index (χ1) is 12.7. The SMILES string of the molecule is CCOC(=O)CC1(c2ccc3ncccc3c2)CN(C(=O)OC(C)(C)C)C1. The highest BCUT2D eigenvalue weighted by Gasteiger charge is 2.49. The van der Waals surface area contributed by atoms with E-state index in [9.17, 15) is 9.59 Å². The average Bonchev–Trinajstić information content (AvgIpc) is 2.56. The molecule has 0 unspecified atom stereocenters. The van der Waals surface area contributed by atoms with Crippen LogP contribution in [0.2, 0.25) is 0 Å². The largest absolute Gasteiger partial charge is 0.466 e. The van der Waals surface area contributed by atoms with Gasteiger partial charge in [-0.1, -0.05) is 12.1 Å². The highest BCUT2D eigenvalue weighted by Crippen LogP contribution is 2.39. The van der Waals surface area contributed by atoms with Crippen LogP contribution < -0.4 is 0 Å². The molecule has 27 heavy (non-hydrogen) atoms. The molecule has 0 aliphatic carbocycles. The molecule has 2 heterocycles. The lowest BCUT2D eigenvalue weighted by atomic mass is 9.71. The van der Waals surface area contributed by atoms with Gasteiger partial charge in [0.05, 0.1) is 18.5 Å². The van der Waals surface area contributed by atoms with Crippen LogP contribution >= 0.6 is 0 Å². The number of rotatable bonds is 4. The van der Waals surface area contributed by atoms with Crippen molar-refractivity contribution in [3.63, 3.8) is 0 Å². The van der Waals surface area contributed by atoms with Crippen LogP contribution in [0.1, 0.15) is 39.7 Å². The second-order valence-electron chi connectivity index (χ2n) is 8.01. The Morgan fingerprint density at radius 3 is 2.63 bits per heavy atom. The van der Waals surface area contributed by atoms with Crippen molar-refractivity contribution in [1.82, 2.24) is 9.88 Å². The molecule has 1 saturated heterocycles. The number of nitrogens with zero attached hydrogens (tertiary/aromatic N) is 2. The van der Waals surface area contributed by atoms with E-state index in [0.29, 0.717) is 19.7 Å². The third kappa shape index (κ3) is 4.21. The van der Waals surface area contributed by atoms with E-state index in [1.807, 2.05) is 51.1 Å². The Morgan fingerprint density at radius 1 is 1.22 bits per heavy atom. The zero-order chi connectivity index (χ0) is 19.7. The quantitative estimate of drug-likeness (QED) is 0.768. The number of benzene rings is 1. The summed E-state index contributed by atoms with van der Waals surface area (Å²) in [6.45, 7) is 8.50. The van der Waals surface area contributed by atoms with Gasteiger partial charge in [0.15, 0.2) is 0 Å². The van der Waals surface area contributed by atoms with Gasteiger partial charge in [-0.3, -0.25) is 9.78 Å². The highest BCUT2D eigenvalue weighted by atomic mass is 16.6. The number of hydrogen-bond donors (Lipinski definition) is 0. The first-order valence-electron chi connectivity index (χ1n) is 9.21. The lowest BCUT2D eigenvalue weighted by molar-refractivity contribution is -0.146. The van der Waals surface area contributed by atoms with E-state index in [-0.39, 0.29) is 18.5 Å². The molecule has 0 radical (unpaired) electrons. The molecule has 0 bridgehead atoms. The summed E-state index contributed by atoms with van der Waals surface area (Å²) in [5.41, 5.74) is 0.893. The highest BCUT2D eigenvalue weighted by molar-refractivity contribution is 5.81. The third-order valence-electron chi connectivity index (χ3n) is 4.64. The van der Waals surface area contributed by atoms with Gasteiger partial charge in [0.25, 0.3) is 0 Å². The van der Waals surface area contributed by atoms with Gasteiger partial charge >= 0.3 is 12.1 Å². The number of carbonyl (C=O) groups excluding carboxylic acids is 2. The van der Waals surface area contributed by atoms with Crippen molar-refractivity contribution in [2.24, 2.45) is 0 Å². The summed E-state index contributed by atoms with van der Waals surface area (Å²) in [4.78, 5) is 30.6. The minimum Gasteiger partial charge on any atom is -0.466 e. The van der Waals surface area contributed by atoms with Crippen molar-refractivity contribution in [3.05, 3.63) is 42.1 Å². The molecule has 3 rings (SSSR count). The summed E-state index contributed by atoms with van der Waals surface area (Å²) < 4.78 is 10.6. The molecule has 0 atom stereocenters. The molecular formula is C21H26N2O4. The van der Waals surface area contributed by atoms with E-state index in [2.05, 4.69) is 4.98 Å². The van der Waals surface area contributed by atoms with Crippen LogP contribution in [0.5, 0.6) is 0 Å². The van der Waals surface area contributed by atoms with Gasteiger partial charge in [0.1, 0.15) is 5.60 Å². The molecule has 144 valence electrons. The van der Waals surface area contributed by atoms with Crippen molar-refractivity contribution >= 4 is 23.0 Å². The maximum atomic E-state index is 12.4. The van der Waals surface area contributed by atoms with Crippen molar-refractivity contribution in [1.29, 1.82) is 0 Å². The number of fused-ring (bicyclic) bond motifs is 1. The predicted octanol–water partition coefficient (Wildman–Crippen LogP) is 3.68. The number of pyridine rings is 1. The van der Waals surface area contributed by atoms with Gasteiger partial charge < -0.3 is 14.4 Å². The van der Waals surface area contributed by atoms with Crippen LogP contribution in [0.25, 0.3) is 10.9 Å². The zero-order valence-electron chi connectivity index (χ0n) is 16.3. The summed E-state index contributed by atoms with van der Waals surface area (Å²) in [6.07, 6.45) is 1.63. The van der Waals surface area contributed by atoms with E-state index in [1.165, 1.54) is 0 Å². The molecule has 1 aliphatic rings. The number of carbonyl (C=O) groups is 2. The fraction of sp³-hybridized carbons (Fsp3) is 0.476. The van der Waals surface area contributed by atoms with E-state index < -0.39 is 11.0 Å². The lowest BCUT2D eigenvalue weighted by Crippen LogP contribution is -2.62. The molecular weight excluding hydrogens is 344 g/mol. The monoisotopic (exact) mass is 370 g/mol. The zero-order valence-corrected chi connectivity index (χ0v) is 16.3. The first kappa shape index (κ1) is 19.1. The fourth-order valence-electron chi connectivity index (χ4n) is 3.43. The Hall–Kier alpha value is -2.63. The standard InChI is InChI=1S/C21H26N2O4/c1-5-26-18(24)12-21(13-23(14-21)19(25)27-20(2,3)4)16-8-9-17-15(11-16)7-6-10-22-17/h6-11H,5,12-14H2,1-4H3. The maximum absolute atomic E-state index is 12.4. The van der Waals surface area contributed by atoms with Crippen LogP contribution in [0, 0.1) is 0 Å². The molecule has 6 nitrogen and oxygen atoms in total. The number of aromatic nitrogens is 1. The van der Waals surface area contributed by atoms with Crippen LogP contribution in [-0.2, 0) is 19.7 Å². The third-order valence-corrected chi connectivity index (χ3v) is 4.64. The lowest BCUT2D eigenvalue weighted by Gasteiger charge is -2.50. The Labute approximate surface area is 159 Å². The molecule has 6 heteroatoms. The molecule has 0 saturated carbocycles. The Balaban J connectivity index is 1.86. The number of hydrogen-bond acceptors (Lipinski definition) is 5. The van der Waals surface area contributed by atoms with E-state index in [0.717, 1.165) is 16.5 Å². The summed E-state index contributed by atoms with van der Waals surface area (Å²) in [7, 11) is 0. The molecule has 0 N–H and O–H groups in total. The fourth-order valence-corrected chi connectivity index (χ4v) is 3.43. The first-order valence-corrected chi connectivity index (χ1v) is 9.21. The smallest absolute Gasteiger partial charge is 0.410 e. The van der Waals surface area contributed by atoms with Crippen LogP contribution in [0.3, 0.4) is 0 Å².